The van der Waals surface area contributed by atoms with Gasteiger partial charge in [0.05, 0.1) is 6.42 Å². The lowest BCUT2D eigenvalue weighted by Gasteiger charge is -2.35. The predicted molar refractivity (Wildman–Crippen MR) is 174 cm³/mol. The largest absolute Gasteiger partial charge is 0.458 e. The number of hydrogen-bond donors (Lipinski definition) is 3. The van der Waals surface area contributed by atoms with Gasteiger partial charge in [0, 0.05) is 18.5 Å². The van der Waals surface area contributed by atoms with E-state index in [0.717, 1.165) is 5.56 Å². The third-order valence-corrected chi connectivity index (χ3v) is 6.40. The molecule has 0 heterocycles. The van der Waals surface area contributed by atoms with Crippen LogP contribution in [0.25, 0.3) is 0 Å². The highest BCUT2D eigenvalue weighted by Gasteiger charge is 2.39. The second kappa shape index (κ2) is 16.5. The number of nitrogens with zero attached hydrogens (tertiary/aromatic N) is 1. The van der Waals surface area contributed by atoms with Gasteiger partial charge in [0.2, 0.25) is 17.7 Å². The summed E-state index contributed by atoms with van der Waals surface area (Å²) in [6.45, 7) is 11.9. The predicted octanol–water partition coefficient (Wildman–Crippen LogP) is 3.79. The molecule has 0 bridgehead atoms. The molecule has 0 saturated heterocycles. The minimum Gasteiger partial charge on any atom is -0.458 e. The Kier molecular flexibility index (Phi) is 13.4. The highest BCUT2D eigenvalue weighted by atomic mass is 16.6. The van der Waals surface area contributed by atoms with Crippen LogP contribution in [0, 0.1) is 12.3 Å². The Morgan fingerprint density at radius 2 is 1.46 bits per heavy atom. The molecule has 248 valence electrons. The maximum absolute atomic E-state index is 14.4. The van der Waals surface area contributed by atoms with Crippen molar-refractivity contribution < 1.29 is 33.4 Å². The number of ether oxygens (including phenoxy) is 2. The van der Waals surface area contributed by atoms with E-state index < -0.39 is 65.5 Å². The van der Waals surface area contributed by atoms with Gasteiger partial charge in [-0.3, -0.25) is 14.4 Å². The van der Waals surface area contributed by atoms with Crippen molar-refractivity contribution in [1.82, 2.24) is 15.5 Å². The number of primary amides is 1. The van der Waals surface area contributed by atoms with Gasteiger partial charge in [-0.25, -0.2) is 9.59 Å². The lowest BCUT2D eigenvalue weighted by Crippen LogP contribution is -2.56. The van der Waals surface area contributed by atoms with Crippen LogP contribution >= 0.6 is 0 Å². The molecule has 0 spiro atoms. The zero-order valence-electron chi connectivity index (χ0n) is 27.7. The van der Waals surface area contributed by atoms with Crippen LogP contribution in [-0.2, 0) is 35.1 Å². The van der Waals surface area contributed by atoms with Crippen LogP contribution in [0.2, 0.25) is 0 Å². The average Bonchev–Trinajstić information content (AvgIpc) is 2.94. The fourth-order valence-corrected chi connectivity index (χ4v) is 4.64. The number of hydrogen-bond acceptors (Lipinski definition) is 7. The summed E-state index contributed by atoms with van der Waals surface area (Å²) in [5, 5.41) is 5.24. The lowest BCUT2D eigenvalue weighted by molar-refractivity contribution is -0.159. The van der Waals surface area contributed by atoms with E-state index in [0.29, 0.717) is 17.5 Å². The van der Waals surface area contributed by atoms with E-state index in [2.05, 4.69) is 16.6 Å². The number of carbonyl (C=O) groups is 5. The van der Waals surface area contributed by atoms with E-state index >= 15 is 0 Å². The fraction of sp³-hybridized carbons (Fsp3) is 0.457. The summed E-state index contributed by atoms with van der Waals surface area (Å²) in [5.41, 5.74) is 5.14. The van der Waals surface area contributed by atoms with Gasteiger partial charge in [0.1, 0.15) is 29.3 Å². The Morgan fingerprint density at radius 3 is 2.00 bits per heavy atom. The molecule has 0 fully saturated rings. The molecule has 46 heavy (non-hydrogen) atoms. The summed E-state index contributed by atoms with van der Waals surface area (Å²) < 4.78 is 11.0. The van der Waals surface area contributed by atoms with Crippen LogP contribution in [0.5, 0.6) is 0 Å². The zero-order chi connectivity index (χ0) is 34.7. The standard InChI is InChI=1S/C35H46N4O7/c1-9-20-39(31(42)26(22-28(36)40)38-33(44)46-35(6,7)8)29(25-19-15-14-18-24(25)10-2)30(41)37-27(32(43)45-34(3,4)5)21-23-16-12-11-13-17-23/h2,11-19,26-27,29H,9,20-22H2,1,3-8H3,(H2,36,40)(H,37,41)(H,38,44). The van der Waals surface area contributed by atoms with Gasteiger partial charge in [-0.2, -0.15) is 0 Å². The van der Waals surface area contributed by atoms with Gasteiger partial charge in [-0.15, -0.1) is 6.42 Å². The summed E-state index contributed by atoms with van der Waals surface area (Å²) in [5.74, 6) is -0.449. The number of esters is 1. The molecule has 2 rings (SSSR count). The van der Waals surface area contributed by atoms with Crippen LogP contribution in [0.4, 0.5) is 4.79 Å². The summed E-state index contributed by atoms with van der Waals surface area (Å²) in [6.07, 6.45) is 4.82. The summed E-state index contributed by atoms with van der Waals surface area (Å²) >= 11 is 0. The van der Waals surface area contributed by atoms with Crippen molar-refractivity contribution in [3.8, 4) is 12.3 Å². The third-order valence-electron chi connectivity index (χ3n) is 6.40. The van der Waals surface area contributed by atoms with Gasteiger partial charge >= 0.3 is 12.1 Å². The first-order chi connectivity index (χ1) is 21.5. The fourth-order valence-electron chi connectivity index (χ4n) is 4.64. The Labute approximate surface area is 271 Å². The van der Waals surface area contributed by atoms with Gasteiger partial charge in [0.25, 0.3) is 0 Å². The van der Waals surface area contributed by atoms with Crippen molar-refractivity contribution in [2.24, 2.45) is 5.73 Å². The first-order valence-electron chi connectivity index (χ1n) is 15.2. The number of amides is 4. The molecule has 0 aliphatic rings. The molecular weight excluding hydrogens is 588 g/mol. The Hall–Kier alpha value is -4.85. The van der Waals surface area contributed by atoms with Crippen molar-refractivity contribution in [2.45, 2.75) is 97.1 Å². The first kappa shape index (κ1) is 37.3. The van der Waals surface area contributed by atoms with E-state index in [9.17, 15) is 24.0 Å². The molecule has 0 aliphatic carbocycles. The average molecular weight is 635 g/mol. The van der Waals surface area contributed by atoms with Crippen molar-refractivity contribution in [3.05, 3.63) is 71.3 Å². The second-order valence-electron chi connectivity index (χ2n) is 12.8. The minimum absolute atomic E-state index is 0.0247. The molecule has 3 atom stereocenters. The number of benzene rings is 2. The van der Waals surface area contributed by atoms with Crippen LogP contribution < -0.4 is 16.4 Å². The SMILES string of the molecule is C#Cc1ccccc1C(C(=O)NC(Cc1ccccc1)C(=O)OC(C)(C)C)N(CCC)C(=O)C(CC(N)=O)NC(=O)OC(C)(C)C. The number of nitrogens with one attached hydrogen (secondary N) is 2. The maximum Gasteiger partial charge on any atom is 0.408 e. The lowest BCUT2D eigenvalue weighted by atomic mass is 9.96. The van der Waals surface area contributed by atoms with Crippen molar-refractivity contribution >= 4 is 29.8 Å². The normalized spacial score (nSPS) is 13.3. The molecule has 4 amide bonds. The molecule has 0 aromatic heterocycles. The topological polar surface area (TPSA) is 157 Å². The quantitative estimate of drug-likeness (QED) is 0.224. The molecule has 4 N–H and O–H groups in total. The van der Waals surface area contributed by atoms with Crippen molar-refractivity contribution in [2.75, 3.05) is 6.54 Å². The van der Waals surface area contributed by atoms with E-state index in [-0.39, 0.29) is 13.0 Å². The molecular formula is C35H46N4O7. The van der Waals surface area contributed by atoms with E-state index in [4.69, 9.17) is 21.6 Å². The zero-order valence-corrected chi connectivity index (χ0v) is 27.7. The minimum atomic E-state index is -1.46. The van der Waals surface area contributed by atoms with Crippen LogP contribution in [0.15, 0.2) is 54.6 Å². The number of nitrogens with two attached hydrogens (primary N) is 1. The van der Waals surface area contributed by atoms with E-state index in [1.165, 1.54) is 4.90 Å². The molecule has 11 nitrogen and oxygen atoms in total. The summed E-state index contributed by atoms with van der Waals surface area (Å²) in [7, 11) is 0. The van der Waals surface area contributed by atoms with Gasteiger partial charge in [-0.1, -0.05) is 61.4 Å². The van der Waals surface area contributed by atoms with Gasteiger partial charge in [-0.05, 0) is 65.2 Å². The monoisotopic (exact) mass is 634 g/mol. The van der Waals surface area contributed by atoms with E-state index in [1.807, 2.05) is 30.3 Å². The first-order valence-corrected chi connectivity index (χ1v) is 15.2. The summed E-state index contributed by atoms with van der Waals surface area (Å²) in [4.78, 5) is 68.0. The van der Waals surface area contributed by atoms with E-state index in [1.54, 1.807) is 72.7 Å². The molecule has 11 heteroatoms. The molecule has 0 radical (unpaired) electrons. The van der Waals surface area contributed by atoms with Crippen LogP contribution in [-0.4, -0.2) is 64.5 Å². The highest BCUT2D eigenvalue weighted by molar-refractivity contribution is 5.96. The number of rotatable bonds is 13. The van der Waals surface area contributed by atoms with Gasteiger partial charge in [0.15, 0.2) is 0 Å². The van der Waals surface area contributed by atoms with Crippen molar-refractivity contribution in [3.63, 3.8) is 0 Å². The van der Waals surface area contributed by atoms with Crippen LogP contribution in [0.1, 0.15) is 84.0 Å². The summed E-state index contributed by atoms with van der Waals surface area (Å²) in [6, 6.07) is 11.7. The van der Waals surface area contributed by atoms with Gasteiger partial charge < -0.3 is 30.7 Å². The maximum atomic E-state index is 14.4. The Balaban J connectivity index is 2.64. The second-order valence-corrected chi connectivity index (χ2v) is 12.8. The Bertz CT molecular complexity index is 1420. The molecule has 0 saturated carbocycles. The molecule has 3 unspecified atom stereocenters. The molecule has 2 aromatic rings. The highest BCUT2D eigenvalue weighted by Crippen LogP contribution is 2.27. The number of carbonyl (C=O) groups excluding carboxylic acids is 5. The molecule has 2 aromatic carbocycles. The molecule has 0 aliphatic heterocycles. The number of alkyl carbamates (subject to hydrolysis) is 1. The smallest absolute Gasteiger partial charge is 0.408 e. The van der Waals surface area contributed by atoms with Crippen molar-refractivity contribution in [1.29, 1.82) is 0 Å². The third kappa shape index (κ3) is 11.9. The van der Waals surface area contributed by atoms with Crippen LogP contribution in [0.3, 0.4) is 0 Å². The number of terminal acetylenes is 1. The Morgan fingerprint density at radius 1 is 0.870 bits per heavy atom.